The standard InChI is InChI=1S/C20H27F3N6O2/c1-3-24-19(27-17-8-5-9-29-18(17)26-13(2)28-29)25-11-15(30)12-31-16-7-4-6-14(10-16)20(21,22)23/h4,6-7,10,15,17,30H,3,5,8-9,11-12H2,1-2H3,(H2,24,25,27). The summed E-state index contributed by atoms with van der Waals surface area (Å²) in [4.78, 5) is 8.87. The summed E-state index contributed by atoms with van der Waals surface area (Å²) in [5, 5.41) is 21.0. The van der Waals surface area contributed by atoms with E-state index >= 15 is 0 Å². The van der Waals surface area contributed by atoms with Crippen molar-refractivity contribution in [3.05, 3.63) is 41.5 Å². The Morgan fingerprint density at radius 1 is 1.42 bits per heavy atom. The zero-order chi connectivity index (χ0) is 22.4. The number of halogens is 3. The number of aryl methyl sites for hydroxylation is 2. The molecule has 1 aliphatic rings. The molecular weight excluding hydrogens is 413 g/mol. The molecule has 0 saturated heterocycles. The van der Waals surface area contributed by atoms with Gasteiger partial charge >= 0.3 is 6.18 Å². The van der Waals surface area contributed by atoms with Crippen LogP contribution in [0, 0.1) is 6.92 Å². The molecule has 170 valence electrons. The summed E-state index contributed by atoms with van der Waals surface area (Å²) in [7, 11) is 0. The first-order valence-corrected chi connectivity index (χ1v) is 10.2. The number of rotatable bonds is 7. The number of nitrogens with one attached hydrogen (secondary N) is 2. The monoisotopic (exact) mass is 440 g/mol. The van der Waals surface area contributed by atoms with E-state index in [2.05, 4.69) is 25.7 Å². The molecule has 11 heteroatoms. The molecule has 1 aromatic heterocycles. The molecule has 2 atom stereocenters. The Hall–Kier alpha value is -2.82. The van der Waals surface area contributed by atoms with Gasteiger partial charge in [-0.15, -0.1) is 0 Å². The summed E-state index contributed by atoms with van der Waals surface area (Å²) in [5.74, 6) is 2.12. The fourth-order valence-corrected chi connectivity index (χ4v) is 3.29. The molecule has 1 aromatic carbocycles. The van der Waals surface area contributed by atoms with E-state index in [9.17, 15) is 18.3 Å². The lowest BCUT2D eigenvalue weighted by Crippen LogP contribution is -2.42. The van der Waals surface area contributed by atoms with Crippen molar-refractivity contribution in [1.29, 1.82) is 0 Å². The van der Waals surface area contributed by atoms with Gasteiger partial charge in [0.2, 0.25) is 0 Å². The Labute approximate surface area is 178 Å². The van der Waals surface area contributed by atoms with Gasteiger partial charge in [0.25, 0.3) is 0 Å². The highest BCUT2D eigenvalue weighted by Crippen LogP contribution is 2.31. The third-order valence-electron chi connectivity index (χ3n) is 4.70. The maximum Gasteiger partial charge on any atom is 0.416 e. The molecule has 1 aliphatic heterocycles. The first kappa shape index (κ1) is 22.9. The topological polar surface area (TPSA) is 96.6 Å². The van der Waals surface area contributed by atoms with Gasteiger partial charge in [0.1, 0.15) is 30.1 Å². The number of ether oxygens (including phenoxy) is 1. The predicted molar refractivity (Wildman–Crippen MR) is 109 cm³/mol. The minimum Gasteiger partial charge on any atom is -0.491 e. The first-order valence-electron chi connectivity index (χ1n) is 10.2. The second kappa shape index (κ2) is 9.99. The molecule has 31 heavy (non-hydrogen) atoms. The average molecular weight is 440 g/mol. The Morgan fingerprint density at radius 2 is 2.23 bits per heavy atom. The first-order chi connectivity index (χ1) is 14.8. The van der Waals surface area contributed by atoms with Gasteiger partial charge in [-0.05, 0) is 44.9 Å². The molecule has 2 heterocycles. The number of hydrogen-bond donors (Lipinski definition) is 3. The average Bonchev–Trinajstić information content (AvgIpc) is 3.11. The molecular formula is C20H27F3N6O2. The lowest BCUT2D eigenvalue weighted by atomic mass is 10.1. The van der Waals surface area contributed by atoms with E-state index in [1.54, 1.807) is 0 Å². The van der Waals surface area contributed by atoms with Crippen LogP contribution in [0.1, 0.15) is 43.0 Å². The minimum absolute atomic E-state index is 0.0206. The van der Waals surface area contributed by atoms with Crippen molar-refractivity contribution in [2.24, 2.45) is 4.99 Å². The Bertz CT molecular complexity index is 899. The fourth-order valence-electron chi connectivity index (χ4n) is 3.29. The van der Waals surface area contributed by atoms with Crippen molar-refractivity contribution >= 4 is 5.96 Å². The lowest BCUT2D eigenvalue weighted by Gasteiger charge is -2.25. The number of aromatic nitrogens is 3. The summed E-state index contributed by atoms with van der Waals surface area (Å²) in [6, 6.07) is 4.50. The van der Waals surface area contributed by atoms with Crippen LogP contribution in [0.4, 0.5) is 13.2 Å². The molecule has 2 aromatic rings. The minimum atomic E-state index is -4.45. The summed E-state index contributed by atoms with van der Waals surface area (Å²) in [6.07, 6.45) is -3.59. The number of nitrogens with zero attached hydrogens (tertiary/aromatic N) is 4. The van der Waals surface area contributed by atoms with E-state index in [4.69, 9.17) is 4.74 Å². The van der Waals surface area contributed by atoms with E-state index in [1.165, 1.54) is 12.1 Å². The Morgan fingerprint density at radius 3 is 2.97 bits per heavy atom. The maximum absolute atomic E-state index is 12.8. The Balaban J connectivity index is 1.57. The summed E-state index contributed by atoms with van der Waals surface area (Å²) >= 11 is 0. The van der Waals surface area contributed by atoms with Crippen LogP contribution in [0.15, 0.2) is 29.3 Å². The molecule has 3 N–H and O–H groups in total. The fraction of sp³-hybridized carbons (Fsp3) is 0.550. The molecule has 0 bridgehead atoms. The van der Waals surface area contributed by atoms with Gasteiger partial charge < -0.3 is 20.5 Å². The number of fused-ring (bicyclic) bond motifs is 1. The highest BCUT2D eigenvalue weighted by molar-refractivity contribution is 5.80. The second-order valence-electron chi connectivity index (χ2n) is 7.29. The number of aliphatic hydroxyl groups is 1. The van der Waals surface area contributed by atoms with Crippen molar-refractivity contribution in [1.82, 2.24) is 25.4 Å². The predicted octanol–water partition coefficient (Wildman–Crippen LogP) is 2.44. The number of benzene rings is 1. The quantitative estimate of drug-likeness (QED) is 0.452. The molecule has 0 spiro atoms. The maximum atomic E-state index is 12.8. The van der Waals surface area contributed by atoms with E-state index in [0.717, 1.165) is 37.3 Å². The van der Waals surface area contributed by atoms with E-state index in [1.807, 2.05) is 18.5 Å². The molecule has 0 saturated carbocycles. The van der Waals surface area contributed by atoms with Crippen LogP contribution in [-0.4, -0.2) is 51.6 Å². The number of hydrogen-bond acceptors (Lipinski definition) is 5. The van der Waals surface area contributed by atoms with Gasteiger partial charge in [0.05, 0.1) is 18.2 Å². The van der Waals surface area contributed by atoms with Crippen LogP contribution in [0.2, 0.25) is 0 Å². The van der Waals surface area contributed by atoms with Crippen LogP contribution in [0.3, 0.4) is 0 Å². The Kier molecular flexibility index (Phi) is 7.37. The van der Waals surface area contributed by atoms with Gasteiger partial charge in [-0.25, -0.2) is 9.67 Å². The summed E-state index contributed by atoms with van der Waals surface area (Å²) in [6.45, 7) is 5.07. The van der Waals surface area contributed by atoms with E-state index in [0.29, 0.717) is 18.3 Å². The highest BCUT2D eigenvalue weighted by Gasteiger charge is 2.30. The van der Waals surface area contributed by atoms with Crippen LogP contribution in [-0.2, 0) is 12.7 Å². The van der Waals surface area contributed by atoms with Crippen LogP contribution in [0.25, 0.3) is 0 Å². The van der Waals surface area contributed by atoms with Crippen molar-refractivity contribution in [2.75, 3.05) is 19.7 Å². The molecule has 0 amide bonds. The molecule has 8 nitrogen and oxygen atoms in total. The molecule has 0 radical (unpaired) electrons. The third kappa shape index (κ3) is 6.33. The zero-order valence-corrected chi connectivity index (χ0v) is 17.5. The van der Waals surface area contributed by atoms with E-state index in [-0.39, 0.29) is 24.9 Å². The third-order valence-corrected chi connectivity index (χ3v) is 4.70. The van der Waals surface area contributed by atoms with Crippen LogP contribution in [0.5, 0.6) is 5.75 Å². The van der Waals surface area contributed by atoms with Gasteiger partial charge in [-0.3, -0.25) is 4.99 Å². The smallest absolute Gasteiger partial charge is 0.416 e. The number of aliphatic hydroxyl groups excluding tert-OH is 1. The SMILES string of the molecule is CCNC(=NCC(O)COc1cccc(C(F)(F)F)c1)NC1CCCn2nc(C)nc21. The zero-order valence-electron chi connectivity index (χ0n) is 17.5. The van der Waals surface area contributed by atoms with E-state index < -0.39 is 17.8 Å². The largest absolute Gasteiger partial charge is 0.491 e. The van der Waals surface area contributed by atoms with Gasteiger partial charge in [0.15, 0.2) is 5.96 Å². The summed E-state index contributed by atoms with van der Waals surface area (Å²) < 4.78 is 45.6. The summed E-state index contributed by atoms with van der Waals surface area (Å²) in [5.41, 5.74) is -0.799. The lowest BCUT2D eigenvalue weighted by molar-refractivity contribution is -0.137. The van der Waals surface area contributed by atoms with Gasteiger partial charge in [0, 0.05) is 13.1 Å². The van der Waals surface area contributed by atoms with Crippen molar-refractivity contribution in [3.63, 3.8) is 0 Å². The molecule has 0 aliphatic carbocycles. The number of aliphatic imine (C=N–C) groups is 1. The second-order valence-corrected chi connectivity index (χ2v) is 7.29. The van der Waals surface area contributed by atoms with Crippen LogP contribution < -0.4 is 15.4 Å². The molecule has 0 fully saturated rings. The van der Waals surface area contributed by atoms with Gasteiger partial charge in [-0.2, -0.15) is 18.3 Å². The van der Waals surface area contributed by atoms with Crippen molar-refractivity contribution in [2.45, 2.75) is 51.6 Å². The van der Waals surface area contributed by atoms with Crippen molar-refractivity contribution < 1.29 is 23.0 Å². The van der Waals surface area contributed by atoms with Crippen LogP contribution >= 0.6 is 0 Å². The number of alkyl halides is 3. The van der Waals surface area contributed by atoms with Gasteiger partial charge in [-0.1, -0.05) is 6.07 Å². The van der Waals surface area contributed by atoms with Crippen molar-refractivity contribution in [3.8, 4) is 5.75 Å². The highest BCUT2D eigenvalue weighted by atomic mass is 19.4. The molecule has 3 rings (SSSR count). The molecule has 2 unspecified atom stereocenters. The normalized spacial score (nSPS) is 17.7. The number of guanidine groups is 1.